The summed E-state index contributed by atoms with van der Waals surface area (Å²) in [6.07, 6.45) is 5.05. The lowest BCUT2D eigenvalue weighted by Gasteiger charge is -2.35. The number of rotatable bonds is 13. The molecule has 1 unspecified atom stereocenters. The molecule has 2 heterocycles. The summed E-state index contributed by atoms with van der Waals surface area (Å²) >= 11 is 0. The van der Waals surface area contributed by atoms with Gasteiger partial charge in [-0.1, -0.05) is 38.8 Å². The lowest BCUT2D eigenvalue weighted by atomic mass is 9.85. The zero-order chi connectivity index (χ0) is 37.1. The summed E-state index contributed by atoms with van der Waals surface area (Å²) in [6, 6.07) is 0.474. The number of carbonyl (C=O) groups excluding carboxylic acids is 5. The predicted molar refractivity (Wildman–Crippen MR) is 187 cm³/mol. The van der Waals surface area contributed by atoms with Crippen molar-refractivity contribution in [2.45, 2.75) is 122 Å². The van der Waals surface area contributed by atoms with Crippen molar-refractivity contribution in [3.63, 3.8) is 0 Å². The van der Waals surface area contributed by atoms with Crippen molar-refractivity contribution in [2.24, 2.45) is 16.5 Å². The highest BCUT2D eigenvalue weighted by atomic mass is 16.7. The van der Waals surface area contributed by atoms with Gasteiger partial charge >= 0.3 is 6.09 Å². The molecule has 2 aliphatic heterocycles. The van der Waals surface area contributed by atoms with Gasteiger partial charge in [0, 0.05) is 31.0 Å². The number of likely N-dealkylation sites (N-methyl/N-ethyl adjacent to an activating group) is 1. The third-order valence-corrected chi connectivity index (χ3v) is 10.3. The molecule has 0 bridgehead atoms. The molecule has 3 N–H and O–H groups in total. The summed E-state index contributed by atoms with van der Waals surface area (Å²) < 4.78 is 16.8. The summed E-state index contributed by atoms with van der Waals surface area (Å²) in [6.45, 7) is 9.35. The monoisotopic (exact) mass is 711 g/mol. The van der Waals surface area contributed by atoms with Gasteiger partial charge in [-0.2, -0.15) is 0 Å². The number of oxime groups is 1. The molecule has 5 rings (SSSR count). The highest BCUT2D eigenvalue weighted by Crippen LogP contribution is 2.42. The van der Waals surface area contributed by atoms with E-state index in [0.717, 1.165) is 44.1 Å². The van der Waals surface area contributed by atoms with Crippen molar-refractivity contribution in [3.05, 3.63) is 23.3 Å². The molecule has 14 heteroatoms. The first-order chi connectivity index (χ1) is 24.2. The summed E-state index contributed by atoms with van der Waals surface area (Å²) in [4.78, 5) is 75.3. The number of likely N-dealkylation sites (tertiary alicyclic amines) is 1. The molecule has 4 amide bonds. The van der Waals surface area contributed by atoms with Gasteiger partial charge in [0.1, 0.15) is 29.7 Å². The lowest BCUT2D eigenvalue weighted by molar-refractivity contribution is -0.144. The van der Waals surface area contributed by atoms with Crippen molar-refractivity contribution in [1.82, 2.24) is 20.9 Å². The number of nitrogens with zero attached hydrogens (tertiary/aromatic N) is 2. The van der Waals surface area contributed by atoms with Crippen molar-refractivity contribution >= 4 is 35.3 Å². The smallest absolute Gasteiger partial charge is 0.408 e. The minimum atomic E-state index is -1.09. The Labute approximate surface area is 299 Å². The number of Topliss-reactive ketones (excluding diaryl/α,β-unsaturated/α-hetero) is 1. The van der Waals surface area contributed by atoms with Crippen LogP contribution in [0.2, 0.25) is 0 Å². The number of hydrogen-bond acceptors (Lipinski definition) is 10. The summed E-state index contributed by atoms with van der Waals surface area (Å²) in [5.74, 6) is -1.17. The summed E-state index contributed by atoms with van der Waals surface area (Å²) in [5, 5.41) is 12.6. The second-order valence-electron chi connectivity index (χ2n) is 15.4. The average Bonchev–Trinajstić information content (AvgIpc) is 3.42. The maximum absolute atomic E-state index is 14.6. The first kappa shape index (κ1) is 37.9. The number of carbonyl (C=O) groups is 5. The Balaban J connectivity index is 1.43. The van der Waals surface area contributed by atoms with Crippen molar-refractivity contribution in [3.8, 4) is 11.5 Å². The van der Waals surface area contributed by atoms with E-state index in [9.17, 15) is 24.0 Å². The minimum absolute atomic E-state index is 0.0160. The number of methoxy groups -OCH3 is 2. The van der Waals surface area contributed by atoms with Crippen LogP contribution in [-0.2, 0) is 28.8 Å². The van der Waals surface area contributed by atoms with E-state index in [2.05, 4.69) is 21.1 Å². The molecular weight excluding hydrogens is 658 g/mol. The molecule has 51 heavy (non-hydrogen) atoms. The quantitative estimate of drug-likeness (QED) is 0.259. The Morgan fingerprint density at radius 3 is 2.31 bits per heavy atom. The number of alkyl carbamates (subject to hydrolysis) is 1. The molecule has 1 aromatic carbocycles. The molecular formula is C37H53N5O9. The molecule has 14 nitrogen and oxygen atoms in total. The first-order valence-corrected chi connectivity index (χ1v) is 18.1. The molecule has 2 saturated carbocycles. The maximum atomic E-state index is 14.6. The summed E-state index contributed by atoms with van der Waals surface area (Å²) in [5.41, 5.74) is 0.277. The Bertz CT molecular complexity index is 1550. The summed E-state index contributed by atoms with van der Waals surface area (Å²) in [7, 11) is 3.13. The number of hydrogen-bond donors (Lipinski definition) is 3. The molecule has 1 aromatic rings. The Hall–Kier alpha value is -4.36. The van der Waals surface area contributed by atoms with Gasteiger partial charge in [-0.25, -0.2) is 4.79 Å². The van der Waals surface area contributed by atoms with Gasteiger partial charge in [-0.15, -0.1) is 0 Å². The van der Waals surface area contributed by atoms with Gasteiger partial charge in [0.05, 0.1) is 32.5 Å². The second kappa shape index (κ2) is 15.5. The van der Waals surface area contributed by atoms with E-state index in [1.54, 1.807) is 27.2 Å². The molecule has 2 aliphatic carbocycles. The lowest BCUT2D eigenvalue weighted by Crippen LogP contribution is -2.59. The number of ketones is 1. The van der Waals surface area contributed by atoms with E-state index in [4.69, 9.17) is 19.0 Å². The normalized spacial score (nSPS) is 22.8. The standard InChI is InChI=1S/C37H53N5O9/c1-8-38-33(45)30(43)25(16-22-13-14-22)39-32(44)27-19-37(18-26(41-51-37)24-15-21(2)28(48-6)17-29(24)49-7)20-42(27)34(46)31(36(3,4)5)40-35(47)50-23-11-9-10-12-23/h15,17,22-23,25,27,31H,8-14,16,18-20H2,1-7H3,(H,38,45)(H,39,44)(H,40,47)/t25?,27-,31+,37+/m0/s1. The third kappa shape index (κ3) is 8.75. The number of amides is 4. The van der Waals surface area contributed by atoms with Gasteiger partial charge in [0.25, 0.3) is 5.91 Å². The largest absolute Gasteiger partial charge is 0.496 e. The Kier molecular flexibility index (Phi) is 11.5. The van der Waals surface area contributed by atoms with Gasteiger partial charge in [-0.05, 0) is 68.9 Å². The van der Waals surface area contributed by atoms with Gasteiger partial charge in [0.15, 0.2) is 5.60 Å². The van der Waals surface area contributed by atoms with Crippen LogP contribution in [0.4, 0.5) is 4.79 Å². The molecule has 280 valence electrons. The van der Waals surface area contributed by atoms with Crippen LogP contribution in [0.15, 0.2) is 17.3 Å². The van der Waals surface area contributed by atoms with E-state index in [0.29, 0.717) is 29.2 Å². The number of nitrogens with one attached hydrogen (secondary N) is 3. The zero-order valence-electron chi connectivity index (χ0n) is 30.9. The van der Waals surface area contributed by atoms with Crippen molar-refractivity contribution < 1.29 is 43.0 Å². The zero-order valence-corrected chi connectivity index (χ0v) is 30.9. The fourth-order valence-corrected chi connectivity index (χ4v) is 7.27. The SMILES string of the molecule is CCNC(=O)C(=O)C(CC1CC1)NC(=O)[C@@H]1C[C@]2(CC(c3cc(C)c(OC)cc3OC)=NO2)CN1C(=O)[C@@H](NC(=O)OC1CCCC1)C(C)(C)C. The van der Waals surface area contributed by atoms with Crippen LogP contribution in [0.5, 0.6) is 11.5 Å². The van der Waals surface area contributed by atoms with E-state index in [1.807, 2.05) is 33.8 Å². The molecule has 1 spiro atoms. The predicted octanol–water partition coefficient (Wildman–Crippen LogP) is 3.55. The van der Waals surface area contributed by atoms with Crippen molar-refractivity contribution in [1.29, 1.82) is 0 Å². The number of benzene rings is 1. The highest BCUT2D eigenvalue weighted by molar-refractivity contribution is 6.38. The van der Waals surface area contributed by atoms with Gasteiger partial charge < -0.3 is 39.9 Å². The number of ether oxygens (including phenoxy) is 3. The molecule has 0 aromatic heterocycles. The van der Waals surface area contributed by atoms with Crippen molar-refractivity contribution in [2.75, 3.05) is 27.3 Å². The van der Waals surface area contributed by atoms with Crippen LogP contribution in [0.25, 0.3) is 0 Å². The minimum Gasteiger partial charge on any atom is -0.496 e. The van der Waals surface area contributed by atoms with Crippen LogP contribution in [0.3, 0.4) is 0 Å². The molecule has 4 atom stereocenters. The van der Waals surface area contributed by atoms with Gasteiger partial charge in [0.2, 0.25) is 17.6 Å². The first-order valence-electron chi connectivity index (χ1n) is 18.1. The molecule has 4 aliphatic rings. The van der Waals surface area contributed by atoms with Gasteiger partial charge in [-0.3, -0.25) is 19.2 Å². The van der Waals surface area contributed by atoms with Crippen LogP contribution in [0.1, 0.15) is 96.6 Å². The van der Waals surface area contributed by atoms with Crippen LogP contribution < -0.4 is 25.4 Å². The fraction of sp³-hybridized carbons (Fsp3) is 0.676. The molecule has 0 radical (unpaired) electrons. The molecule has 1 saturated heterocycles. The maximum Gasteiger partial charge on any atom is 0.408 e. The fourth-order valence-electron chi connectivity index (χ4n) is 7.27. The third-order valence-electron chi connectivity index (χ3n) is 10.3. The van der Waals surface area contributed by atoms with E-state index in [-0.39, 0.29) is 38.0 Å². The van der Waals surface area contributed by atoms with E-state index >= 15 is 0 Å². The van der Waals surface area contributed by atoms with E-state index < -0.39 is 58.7 Å². The van der Waals surface area contributed by atoms with Crippen LogP contribution in [0, 0.1) is 18.3 Å². The topological polar surface area (TPSA) is 174 Å². The van der Waals surface area contributed by atoms with Crippen LogP contribution >= 0.6 is 0 Å². The van der Waals surface area contributed by atoms with E-state index in [1.165, 1.54) is 4.90 Å². The van der Waals surface area contributed by atoms with Crippen LogP contribution in [-0.4, -0.2) is 97.3 Å². The molecule has 3 fully saturated rings. The Morgan fingerprint density at radius 1 is 1.02 bits per heavy atom. The highest BCUT2D eigenvalue weighted by Gasteiger charge is 2.56. The Morgan fingerprint density at radius 2 is 1.71 bits per heavy atom. The number of aryl methyl sites for hydroxylation is 1. The second-order valence-corrected chi connectivity index (χ2v) is 15.4. The average molecular weight is 712 g/mol.